The van der Waals surface area contributed by atoms with Crippen LogP contribution >= 0.6 is 0 Å². The van der Waals surface area contributed by atoms with Crippen LogP contribution < -0.4 is 5.32 Å². The van der Waals surface area contributed by atoms with Crippen LogP contribution in [0.5, 0.6) is 0 Å². The number of carbonyl (C=O) groups excluding carboxylic acids is 1. The molecule has 2 heterocycles. The van der Waals surface area contributed by atoms with Gasteiger partial charge in [0.05, 0.1) is 11.0 Å². The number of benzene rings is 2. The van der Waals surface area contributed by atoms with Crippen molar-refractivity contribution in [1.82, 2.24) is 14.5 Å². The summed E-state index contributed by atoms with van der Waals surface area (Å²) < 4.78 is 1.99. The molecular weight excluding hydrogens is 276 g/mol. The lowest BCUT2D eigenvalue weighted by Crippen LogP contribution is -2.13. The van der Waals surface area contributed by atoms with E-state index in [1.807, 2.05) is 66.3 Å². The zero-order valence-electron chi connectivity index (χ0n) is 12.0. The van der Waals surface area contributed by atoms with Gasteiger partial charge in [-0.05, 0) is 30.3 Å². The van der Waals surface area contributed by atoms with E-state index in [9.17, 15) is 4.79 Å². The number of nitrogens with zero attached hydrogens (tertiary/aromatic N) is 2. The van der Waals surface area contributed by atoms with Gasteiger partial charge in [-0.2, -0.15) is 0 Å². The van der Waals surface area contributed by atoms with Crippen molar-refractivity contribution >= 4 is 33.8 Å². The number of fused-ring (bicyclic) bond motifs is 2. The zero-order valence-corrected chi connectivity index (χ0v) is 12.0. The Hall–Kier alpha value is -3.08. The summed E-state index contributed by atoms with van der Waals surface area (Å²) in [7, 11) is 1.96. The molecule has 2 aromatic heterocycles. The highest BCUT2D eigenvalue weighted by atomic mass is 16.1. The fourth-order valence-electron chi connectivity index (χ4n) is 2.69. The van der Waals surface area contributed by atoms with Gasteiger partial charge in [0.25, 0.3) is 5.91 Å². The van der Waals surface area contributed by atoms with Gasteiger partial charge < -0.3 is 9.55 Å². The highest BCUT2D eigenvalue weighted by Gasteiger charge is 2.13. The molecule has 1 amide bonds. The number of carbonyl (C=O) groups is 1. The fraction of sp³-hybridized carbons (Fsp3) is 0.0588. The maximum atomic E-state index is 12.5. The molecule has 0 bridgehead atoms. The third-order valence-electron chi connectivity index (χ3n) is 3.79. The van der Waals surface area contributed by atoms with E-state index in [-0.39, 0.29) is 5.91 Å². The second kappa shape index (κ2) is 4.73. The molecule has 0 atom stereocenters. The highest BCUT2D eigenvalue weighted by molar-refractivity contribution is 6.12. The Morgan fingerprint density at radius 3 is 2.86 bits per heavy atom. The number of hydrogen-bond acceptors (Lipinski definition) is 2. The van der Waals surface area contributed by atoms with E-state index in [1.165, 1.54) is 0 Å². The van der Waals surface area contributed by atoms with Gasteiger partial charge in [0, 0.05) is 29.7 Å². The second-order valence-electron chi connectivity index (χ2n) is 5.22. The molecule has 0 fully saturated rings. The fourth-order valence-corrected chi connectivity index (χ4v) is 2.69. The average Bonchev–Trinajstić information content (AvgIpc) is 3.10. The lowest BCUT2D eigenvalue weighted by molar-refractivity contribution is 0.102. The molecule has 0 radical (unpaired) electrons. The monoisotopic (exact) mass is 290 g/mol. The number of aryl methyl sites for hydroxylation is 1. The van der Waals surface area contributed by atoms with Gasteiger partial charge in [-0.25, -0.2) is 4.98 Å². The molecule has 0 unspecified atom stereocenters. The third kappa shape index (κ3) is 1.95. The summed E-state index contributed by atoms with van der Waals surface area (Å²) in [5.41, 5.74) is 3.39. The zero-order chi connectivity index (χ0) is 15.1. The molecule has 0 aliphatic carbocycles. The minimum atomic E-state index is -0.171. The van der Waals surface area contributed by atoms with Crippen molar-refractivity contribution in [2.75, 3.05) is 5.32 Å². The van der Waals surface area contributed by atoms with Crippen LogP contribution in [0.15, 0.2) is 54.7 Å². The number of aromatic amines is 1. The summed E-state index contributed by atoms with van der Waals surface area (Å²) in [5, 5.41) is 3.76. The number of H-pyrrole nitrogens is 1. The molecule has 108 valence electrons. The summed E-state index contributed by atoms with van der Waals surface area (Å²) in [4.78, 5) is 20.0. The van der Waals surface area contributed by atoms with Gasteiger partial charge >= 0.3 is 0 Å². The Morgan fingerprint density at radius 2 is 2.00 bits per heavy atom. The Bertz CT molecular complexity index is 963. The molecule has 0 saturated heterocycles. The molecule has 4 rings (SSSR count). The summed E-state index contributed by atoms with van der Waals surface area (Å²) in [6.07, 6.45) is 1.95. The number of hydrogen-bond donors (Lipinski definition) is 2. The maximum Gasteiger partial charge on any atom is 0.258 e. The van der Waals surface area contributed by atoms with E-state index >= 15 is 0 Å². The number of rotatable bonds is 2. The maximum absolute atomic E-state index is 12.5. The SMILES string of the molecule is Cn1ccc2c(C(=O)Nc3nc4ccccc4[nH]3)cccc21. The first-order valence-electron chi connectivity index (χ1n) is 7.02. The number of amides is 1. The molecule has 2 N–H and O–H groups in total. The van der Waals surface area contributed by atoms with Crippen molar-refractivity contribution < 1.29 is 4.79 Å². The predicted molar refractivity (Wildman–Crippen MR) is 87.0 cm³/mol. The molecule has 5 heteroatoms. The Balaban J connectivity index is 1.71. The molecule has 4 aromatic rings. The molecule has 22 heavy (non-hydrogen) atoms. The number of aromatic nitrogens is 3. The summed E-state index contributed by atoms with van der Waals surface area (Å²) in [5.74, 6) is 0.287. The van der Waals surface area contributed by atoms with E-state index in [2.05, 4.69) is 15.3 Å². The van der Waals surface area contributed by atoms with Gasteiger partial charge in [0.2, 0.25) is 5.95 Å². The largest absolute Gasteiger partial charge is 0.351 e. The van der Waals surface area contributed by atoms with Crippen molar-refractivity contribution in [3.05, 3.63) is 60.3 Å². The molecule has 0 aliphatic heterocycles. The predicted octanol–water partition coefficient (Wildman–Crippen LogP) is 3.31. The Morgan fingerprint density at radius 1 is 1.14 bits per heavy atom. The van der Waals surface area contributed by atoms with Crippen LogP contribution in [0, 0.1) is 0 Å². The molecule has 0 saturated carbocycles. The smallest absolute Gasteiger partial charge is 0.258 e. The molecule has 0 aliphatic rings. The van der Waals surface area contributed by atoms with Crippen molar-refractivity contribution in [2.45, 2.75) is 0 Å². The van der Waals surface area contributed by atoms with E-state index in [4.69, 9.17) is 0 Å². The van der Waals surface area contributed by atoms with Gasteiger partial charge in [-0.15, -0.1) is 0 Å². The number of para-hydroxylation sites is 2. The quantitative estimate of drug-likeness (QED) is 0.595. The molecular formula is C17H14N4O. The normalized spacial score (nSPS) is 11.1. The first-order chi connectivity index (χ1) is 10.7. The van der Waals surface area contributed by atoms with Gasteiger partial charge in [0.15, 0.2) is 0 Å². The molecule has 5 nitrogen and oxygen atoms in total. The summed E-state index contributed by atoms with van der Waals surface area (Å²) in [6.45, 7) is 0. The standard InChI is InChI=1S/C17H14N4O/c1-21-10-9-11-12(5-4-8-15(11)21)16(22)20-17-18-13-6-2-3-7-14(13)19-17/h2-10H,1H3,(H2,18,19,20,22). The van der Waals surface area contributed by atoms with Crippen LogP contribution in [0.25, 0.3) is 21.9 Å². The lowest BCUT2D eigenvalue weighted by atomic mass is 10.1. The summed E-state index contributed by atoms with van der Waals surface area (Å²) >= 11 is 0. The Labute approximate surface area is 126 Å². The van der Waals surface area contributed by atoms with E-state index in [0.29, 0.717) is 11.5 Å². The van der Waals surface area contributed by atoms with Crippen molar-refractivity contribution in [3.63, 3.8) is 0 Å². The first-order valence-corrected chi connectivity index (χ1v) is 7.02. The minimum absolute atomic E-state index is 0.171. The molecule has 2 aromatic carbocycles. The average molecular weight is 290 g/mol. The van der Waals surface area contributed by atoms with Crippen LogP contribution in [0.1, 0.15) is 10.4 Å². The number of nitrogens with one attached hydrogen (secondary N) is 2. The topological polar surface area (TPSA) is 62.7 Å². The van der Waals surface area contributed by atoms with Crippen molar-refractivity contribution in [1.29, 1.82) is 0 Å². The van der Waals surface area contributed by atoms with Crippen LogP contribution in [-0.2, 0) is 7.05 Å². The van der Waals surface area contributed by atoms with Crippen molar-refractivity contribution in [3.8, 4) is 0 Å². The minimum Gasteiger partial charge on any atom is -0.351 e. The first kappa shape index (κ1) is 12.6. The Kier molecular flexibility index (Phi) is 2.72. The van der Waals surface area contributed by atoms with Gasteiger partial charge in [-0.1, -0.05) is 18.2 Å². The van der Waals surface area contributed by atoms with Crippen LogP contribution in [0.3, 0.4) is 0 Å². The number of imidazole rings is 1. The van der Waals surface area contributed by atoms with Crippen molar-refractivity contribution in [2.24, 2.45) is 7.05 Å². The van der Waals surface area contributed by atoms with Gasteiger partial charge in [0.1, 0.15) is 0 Å². The number of anilines is 1. The van der Waals surface area contributed by atoms with E-state index in [1.54, 1.807) is 0 Å². The second-order valence-corrected chi connectivity index (χ2v) is 5.22. The summed E-state index contributed by atoms with van der Waals surface area (Å²) in [6, 6.07) is 15.3. The van der Waals surface area contributed by atoms with E-state index in [0.717, 1.165) is 21.9 Å². The van der Waals surface area contributed by atoms with Gasteiger partial charge in [-0.3, -0.25) is 10.1 Å². The van der Waals surface area contributed by atoms with Crippen LogP contribution in [-0.4, -0.2) is 20.4 Å². The van der Waals surface area contributed by atoms with Crippen LogP contribution in [0.2, 0.25) is 0 Å². The van der Waals surface area contributed by atoms with E-state index < -0.39 is 0 Å². The lowest BCUT2D eigenvalue weighted by Gasteiger charge is -2.04. The highest BCUT2D eigenvalue weighted by Crippen LogP contribution is 2.21. The third-order valence-corrected chi connectivity index (χ3v) is 3.79. The van der Waals surface area contributed by atoms with Crippen LogP contribution in [0.4, 0.5) is 5.95 Å². The molecule has 0 spiro atoms.